The van der Waals surface area contributed by atoms with E-state index in [4.69, 9.17) is 11.6 Å². The van der Waals surface area contributed by atoms with Crippen LogP contribution in [0.25, 0.3) is 5.57 Å². The van der Waals surface area contributed by atoms with E-state index in [1.807, 2.05) is 0 Å². The van der Waals surface area contributed by atoms with Crippen LogP contribution in [0.15, 0.2) is 35.3 Å². The maximum Gasteiger partial charge on any atom is 0.348 e. The molecule has 0 saturated carbocycles. The van der Waals surface area contributed by atoms with Crippen molar-refractivity contribution in [1.82, 2.24) is 0 Å². The Morgan fingerprint density at radius 2 is 1.77 bits per heavy atom. The number of halogens is 4. The zero-order chi connectivity index (χ0) is 10.1. The summed E-state index contributed by atoms with van der Waals surface area (Å²) in [5.41, 5.74) is -0.0510. The van der Waals surface area contributed by atoms with Crippen molar-refractivity contribution in [3.8, 4) is 0 Å². The molecular formula is C9H6BrClF2. The highest BCUT2D eigenvalue weighted by molar-refractivity contribution is 9.10. The van der Waals surface area contributed by atoms with Gasteiger partial charge in [-0.15, -0.1) is 0 Å². The van der Waals surface area contributed by atoms with Crippen LogP contribution in [0.4, 0.5) is 8.78 Å². The van der Waals surface area contributed by atoms with E-state index in [1.54, 1.807) is 12.1 Å². The van der Waals surface area contributed by atoms with E-state index < -0.39 is 5.38 Å². The predicted molar refractivity (Wildman–Crippen MR) is 54.0 cm³/mol. The monoisotopic (exact) mass is 266 g/mol. The maximum absolute atomic E-state index is 12.6. The molecule has 0 N–H and O–H groups in total. The van der Waals surface area contributed by atoms with Crippen LogP contribution in [0, 0.1) is 0 Å². The van der Waals surface area contributed by atoms with E-state index in [-0.39, 0.29) is 5.57 Å². The molecule has 0 aliphatic carbocycles. The van der Waals surface area contributed by atoms with Crippen LogP contribution in [0.5, 0.6) is 0 Å². The zero-order valence-corrected chi connectivity index (χ0v) is 8.87. The summed E-state index contributed by atoms with van der Waals surface area (Å²) in [5.74, 6) is 0. The van der Waals surface area contributed by atoms with Crippen LogP contribution >= 0.6 is 27.5 Å². The summed E-state index contributed by atoms with van der Waals surface area (Å²) in [6, 6.07) is 6.37. The second-order valence-corrected chi connectivity index (χ2v) is 3.87. The highest BCUT2D eigenvalue weighted by Crippen LogP contribution is 2.34. The van der Waals surface area contributed by atoms with Gasteiger partial charge in [0.05, 0.1) is 0 Å². The highest BCUT2D eigenvalue weighted by atomic mass is 79.9. The van der Waals surface area contributed by atoms with Crippen molar-refractivity contribution >= 4 is 33.1 Å². The first-order valence-corrected chi connectivity index (χ1v) is 4.60. The third-order valence-electron chi connectivity index (χ3n) is 1.53. The lowest BCUT2D eigenvalue weighted by Gasteiger charge is -2.11. The van der Waals surface area contributed by atoms with Crippen LogP contribution in [0.3, 0.4) is 0 Å². The van der Waals surface area contributed by atoms with E-state index in [0.29, 0.717) is 5.56 Å². The number of allylic oxidation sites excluding steroid dienone is 1. The second kappa shape index (κ2) is 3.76. The topological polar surface area (TPSA) is 0 Å². The number of hydrogen-bond acceptors (Lipinski definition) is 0. The zero-order valence-electron chi connectivity index (χ0n) is 6.53. The van der Waals surface area contributed by atoms with Gasteiger partial charge in [0.1, 0.15) is 0 Å². The van der Waals surface area contributed by atoms with Gasteiger partial charge in [0.2, 0.25) is 0 Å². The quantitative estimate of drug-likeness (QED) is 0.701. The van der Waals surface area contributed by atoms with Gasteiger partial charge in [-0.3, -0.25) is 0 Å². The predicted octanol–water partition coefficient (Wildman–Crippen LogP) is 4.29. The molecule has 1 aromatic carbocycles. The fraction of sp³-hybridized carbons (Fsp3) is 0.111. The molecule has 0 spiro atoms. The molecular weight excluding hydrogens is 261 g/mol. The second-order valence-electron chi connectivity index (χ2n) is 2.48. The molecule has 13 heavy (non-hydrogen) atoms. The molecule has 0 nitrogen and oxygen atoms in total. The van der Waals surface area contributed by atoms with Gasteiger partial charge in [-0.2, -0.15) is 8.78 Å². The van der Waals surface area contributed by atoms with Crippen LogP contribution in [-0.2, 0) is 0 Å². The lowest BCUT2D eigenvalue weighted by molar-refractivity contribution is 0.165. The highest BCUT2D eigenvalue weighted by Gasteiger charge is 2.29. The van der Waals surface area contributed by atoms with Crippen LogP contribution in [0.2, 0.25) is 0 Å². The van der Waals surface area contributed by atoms with E-state index in [2.05, 4.69) is 22.5 Å². The largest absolute Gasteiger partial charge is 0.348 e. The van der Waals surface area contributed by atoms with Crippen molar-refractivity contribution < 1.29 is 8.78 Å². The summed E-state index contributed by atoms with van der Waals surface area (Å²) >= 11 is 8.01. The fourth-order valence-corrected chi connectivity index (χ4v) is 1.19. The number of alkyl halides is 3. The molecule has 0 radical (unpaired) electrons. The molecule has 0 fully saturated rings. The van der Waals surface area contributed by atoms with Gasteiger partial charge in [-0.05, 0) is 29.3 Å². The van der Waals surface area contributed by atoms with Gasteiger partial charge in [0.25, 0.3) is 0 Å². The van der Waals surface area contributed by atoms with Crippen LogP contribution in [0.1, 0.15) is 5.56 Å². The molecule has 0 unspecified atom stereocenters. The molecule has 0 atom stereocenters. The summed E-state index contributed by atoms with van der Waals surface area (Å²) in [6.45, 7) is 3.23. The lowest BCUT2D eigenvalue weighted by atomic mass is 10.1. The van der Waals surface area contributed by atoms with Crippen molar-refractivity contribution in [3.63, 3.8) is 0 Å². The van der Waals surface area contributed by atoms with Crippen molar-refractivity contribution in [3.05, 3.63) is 40.9 Å². The minimum atomic E-state index is -3.38. The summed E-state index contributed by atoms with van der Waals surface area (Å²) in [5, 5.41) is -3.38. The molecule has 0 aliphatic rings. The molecule has 0 saturated heterocycles. The Labute approximate surface area is 88.3 Å². The summed E-state index contributed by atoms with van der Waals surface area (Å²) in [4.78, 5) is 0. The number of rotatable bonds is 2. The molecule has 0 amide bonds. The van der Waals surface area contributed by atoms with Gasteiger partial charge < -0.3 is 0 Å². The molecule has 0 aromatic heterocycles. The van der Waals surface area contributed by atoms with Crippen molar-refractivity contribution in [2.45, 2.75) is 5.38 Å². The normalized spacial score (nSPS) is 11.4. The summed E-state index contributed by atoms with van der Waals surface area (Å²) in [7, 11) is 0. The molecule has 0 aliphatic heterocycles. The average Bonchev–Trinajstić information content (AvgIpc) is 2.03. The first-order valence-electron chi connectivity index (χ1n) is 3.43. The Morgan fingerprint density at radius 1 is 1.31 bits per heavy atom. The standard InChI is InChI=1S/C9H6BrClF2/c1-6(9(11,12)13)7-2-4-8(10)5-3-7/h2-5H,1H2. The SMILES string of the molecule is C=C(c1ccc(Br)cc1)C(F)(F)Cl. The van der Waals surface area contributed by atoms with Crippen molar-refractivity contribution in [2.24, 2.45) is 0 Å². The Bertz CT molecular complexity index is 313. The lowest BCUT2D eigenvalue weighted by Crippen LogP contribution is -2.07. The first-order chi connectivity index (χ1) is 5.91. The van der Waals surface area contributed by atoms with Crippen LogP contribution in [-0.4, -0.2) is 5.38 Å². The minimum Gasteiger partial charge on any atom is -0.183 e. The van der Waals surface area contributed by atoms with Crippen molar-refractivity contribution in [1.29, 1.82) is 0 Å². The Morgan fingerprint density at radius 3 is 2.15 bits per heavy atom. The number of benzene rings is 1. The molecule has 1 aromatic rings. The van der Waals surface area contributed by atoms with E-state index in [9.17, 15) is 8.78 Å². The molecule has 1 rings (SSSR count). The third-order valence-corrected chi connectivity index (χ3v) is 2.29. The minimum absolute atomic E-state index is 0.336. The molecule has 4 heteroatoms. The Balaban J connectivity index is 2.97. The molecule has 70 valence electrons. The fourth-order valence-electron chi connectivity index (χ4n) is 0.815. The summed E-state index contributed by atoms with van der Waals surface area (Å²) in [6.07, 6.45) is 0. The first kappa shape index (κ1) is 10.7. The average molecular weight is 268 g/mol. The Hall–Kier alpha value is -0.410. The van der Waals surface area contributed by atoms with Crippen molar-refractivity contribution in [2.75, 3.05) is 0 Å². The van der Waals surface area contributed by atoms with E-state index in [1.165, 1.54) is 12.1 Å². The third kappa shape index (κ3) is 2.78. The van der Waals surface area contributed by atoms with Crippen LogP contribution < -0.4 is 0 Å². The smallest absolute Gasteiger partial charge is 0.183 e. The number of hydrogen-bond donors (Lipinski definition) is 0. The van der Waals surface area contributed by atoms with Gasteiger partial charge in [0, 0.05) is 10.0 Å². The van der Waals surface area contributed by atoms with Gasteiger partial charge >= 0.3 is 5.38 Å². The van der Waals surface area contributed by atoms with Gasteiger partial charge in [-0.25, -0.2) is 0 Å². The Kier molecular flexibility index (Phi) is 3.09. The summed E-state index contributed by atoms with van der Waals surface area (Å²) < 4.78 is 25.9. The van der Waals surface area contributed by atoms with E-state index in [0.717, 1.165) is 4.47 Å². The van der Waals surface area contributed by atoms with E-state index >= 15 is 0 Å². The molecule has 0 heterocycles. The van der Waals surface area contributed by atoms with Gasteiger partial charge in [-0.1, -0.05) is 34.6 Å². The maximum atomic E-state index is 12.6. The van der Waals surface area contributed by atoms with Gasteiger partial charge in [0.15, 0.2) is 0 Å². The molecule has 0 bridgehead atoms.